The first-order valence-electron chi connectivity index (χ1n) is 4.91. The number of hydrogen-bond donors (Lipinski definition) is 0. The molecule has 0 saturated carbocycles. The summed E-state index contributed by atoms with van der Waals surface area (Å²) in [6, 6.07) is 0. The minimum absolute atomic E-state index is 0.354. The maximum absolute atomic E-state index is 11.4. The summed E-state index contributed by atoms with van der Waals surface area (Å²) in [4.78, 5) is 11.4. The van der Waals surface area contributed by atoms with Crippen LogP contribution in [0.3, 0.4) is 0 Å². The minimum atomic E-state index is 0.354. The fourth-order valence-corrected chi connectivity index (χ4v) is 1.58. The van der Waals surface area contributed by atoms with Crippen LogP contribution in [0.2, 0.25) is 0 Å². The van der Waals surface area contributed by atoms with Gasteiger partial charge in [-0.1, -0.05) is 0 Å². The minimum Gasteiger partial charge on any atom is -0.385 e. The lowest BCUT2D eigenvalue weighted by molar-refractivity contribution is -0.120. The van der Waals surface area contributed by atoms with Gasteiger partial charge in [-0.3, -0.25) is 4.79 Å². The molecule has 76 valence electrons. The molecule has 1 fully saturated rings. The number of carbonyl (C=O) groups excluding carboxylic acids is 1. The van der Waals surface area contributed by atoms with Crippen molar-refractivity contribution in [3.8, 4) is 0 Å². The molecule has 1 saturated heterocycles. The van der Waals surface area contributed by atoms with Crippen LogP contribution < -0.4 is 0 Å². The normalized spacial score (nSPS) is 22.1. The second-order valence-corrected chi connectivity index (χ2v) is 3.57. The third-order valence-electron chi connectivity index (χ3n) is 2.34. The van der Waals surface area contributed by atoms with Gasteiger partial charge < -0.3 is 9.47 Å². The van der Waals surface area contributed by atoms with E-state index in [0.717, 1.165) is 26.1 Å². The fraction of sp³-hybridized carbons (Fsp3) is 0.900. The number of ether oxygens (including phenoxy) is 2. The van der Waals surface area contributed by atoms with Crippen LogP contribution in [0.5, 0.6) is 0 Å². The van der Waals surface area contributed by atoms with Gasteiger partial charge in [0.1, 0.15) is 5.78 Å². The second-order valence-electron chi connectivity index (χ2n) is 3.57. The molecule has 1 atom stereocenters. The van der Waals surface area contributed by atoms with Gasteiger partial charge in [-0.15, -0.1) is 0 Å². The highest BCUT2D eigenvalue weighted by atomic mass is 16.5. The van der Waals surface area contributed by atoms with E-state index in [1.807, 2.05) is 0 Å². The van der Waals surface area contributed by atoms with Crippen LogP contribution in [0.25, 0.3) is 0 Å². The van der Waals surface area contributed by atoms with Gasteiger partial charge in [0, 0.05) is 39.8 Å². The first-order chi connectivity index (χ1) is 6.33. The molecule has 1 unspecified atom stereocenters. The summed E-state index contributed by atoms with van der Waals surface area (Å²) in [7, 11) is 1.66. The maximum Gasteiger partial charge on any atom is 0.133 e. The highest BCUT2D eigenvalue weighted by Gasteiger charge is 2.18. The predicted molar refractivity (Wildman–Crippen MR) is 49.7 cm³/mol. The largest absolute Gasteiger partial charge is 0.385 e. The molecule has 1 aliphatic rings. The van der Waals surface area contributed by atoms with Gasteiger partial charge in [-0.2, -0.15) is 0 Å². The van der Waals surface area contributed by atoms with E-state index in [4.69, 9.17) is 9.47 Å². The van der Waals surface area contributed by atoms with Crippen molar-refractivity contribution < 1.29 is 14.3 Å². The molecule has 1 heterocycles. The standard InChI is InChI=1S/C10H18O3/c1-12-5-2-3-10(11)7-9-4-6-13-8-9/h9H,2-8H2,1H3. The highest BCUT2D eigenvalue weighted by molar-refractivity contribution is 5.78. The van der Waals surface area contributed by atoms with E-state index in [9.17, 15) is 4.79 Å². The van der Waals surface area contributed by atoms with E-state index in [1.54, 1.807) is 7.11 Å². The Morgan fingerprint density at radius 1 is 1.62 bits per heavy atom. The Hall–Kier alpha value is -0.410. The van der Waals surface area contributed by atoms with Crippen molar-refractivity contribution in [3.63, 3.8) is 0 Å². The molecule has 1 rings (SSSR count). The topological polar surface area (TPSA) is 35.5 Å². The van der Waals surface area contributed by atoms with Crippen molar-refractivity contribution in [1.82, 2.24) is 0 Å². The zero-order chi connectivity index (χ0) is 9.52. The fourth-order valence-electron chi connectivity index (χ4n) is 1.58. The van der Waals surface area contributed by atoms with Gasteiger partial charge in [0.2, 0.25) is 0 Å². The van der Waals surface area contributed by atoms with Gasteiger partial charge >= 0.3 is 0 Å². The van der Waals surface area contributed by atoms with Crippen molar-refractivity contribution in [2.24, 2.45) is 5.92 Å². The van der Waals surface area contributed by atoms with Crippen molar-refractivity contribution >= 4 is 5.78 Å². The number of hydrogen-bond acceptors (Lipinski definition) is 3. The van der Waals surface area contributed by atoms with E-state index < -0.39 is 0 Å². The molecule has 13 heavy (non-hydrogen) atoms. The Labute approximate surface area is 79.4 Å². The van der Waals surface area contributed by atoms with Crippen LogP contribution in [0.1, 0.15) is 25.7 Å². The summed E-state index contributed by atoms with van der Waals surface area (Å²) in [5, 5.41) is 0. The molecule has 0 amide bonds. The monoisotopic (exact) mass is 186 g/mol. The lowest BCUT2D eigenvalue weighted by Crippen LogP contribution is -2.08. The van der Waals surface area contributed by atoms with Crippen LogP contribution >= 0.6 is 0 Å². The van der Waals surface area contributed by atoms with Gasteiger partial charge in [-0.05, 0) is 18.8 Å². The number of carbonyl (C=O) groups is 1. The predicted octanol–water partition coefficient (Wildman–Crippen LogP) is 1.41. The molecule has 0 bridgehead atoms. The lowest BCUT2D eigenvalue weighted by Gasteiger charge is -2.05. The summed E-state index contributed by atoms with van der Waals surface area (Å²) >= 11 is 0. The van der Waals surface area contributed by atoms with E-state index in [1.165, 1.54) is 0 Å². The Morgan fingerprint density at radius 3 is 3.08 bits per heavy atom. The maximum atomic E-state index is 11.4. The molecule has 0 aromatic carbocycles. The summed E-state index contributed by atoms with van der Waals surface area (Å²) in [5.41, 5.74) is 0. The SMILES string of the molecule is COCCCC(=O)CC1CCOC1. The van der Waals surface area contributed by atoms with Gasteiger partial charge in [0.25, 0.3) is 0 Å². The summed E-state index contributed by atoms with van der Waals surface area (Å²) < 4.78 is 10.1. The van der Waals surface area contributed by atoms with Gasteiger partial charge in [-0.25, -0.2) is 0 Å². The summed E-state index contributed by atoms with van der Waals surface area (Å²) in [5.74, 6) is 0.836. The molecule has 0 N–H and O–H groups in total. The Kier molecular flexibility index (Phi) is 5.01. The number of Topliss-reactive ketones (excluding diaryl/α,β-unsaturated/α-hetero) is 1. The molecular weight excluding hydrogens is 168 g/mol. The van der Waals surface area contributed by atoms with Crippen molar-refractivity contribution in [2.45, 2.75) is 25.7 Å². The zero-order valence-corrected chi connectivity index (χ0v) is 8.25. The smallest absolute Gasteiger partial charge is 0.133 e. The highest BCUT2D eigenvalue weighted by Crippen LogP contribution is 2.17. The van der Waals surface area contributed by atoms with Crippen molar-refractivity contribution in [2.75, 3.05) is 26.9 Å². The van der Waals surface area contributed by atoms with Crippen LogP contribution in [0.15, 0.2) is 0 Å². The van der Waals surface area contributed by atoms with Crippen molar-refractivity contribution in [3.05, 3.63) is 0 Å². The van der Waals surface area contributed by atoms with E-state index in [2.05, 4.69) is 0 Å². The molecule has 3 heteroatoms. The van der Waals surface area contributed by atoms with E-state index in [0.29, 0.717) is 31.1 Å². The van der Waals surface area contributed by atoms with Crippen LogP contribution in [-0.4, -0.2) is 32.7 Å². The summed E-state index contributed by atoms with van der Waals surface area (Å²) in [6.45, 7) is 2.29. The lowest BCUT2D eigenvalue weighted by atomic mass is 10.00. The molecule has 0 aromatic heterocycles. The molecule has 0 aromatic rings. The first kappa shape index (κ1) is 10.7. The Bertz CT molecular complexity index is 150. The first-order valence-corrected chi connectivity index (χ1v) is 4.91. The average molecular weight is 186 g/mol. The molecule has 0 aliphatic carbocycles. The second kappa shape index (κ2) is 6.11. The van der Waals surface area contributed by atoms with E-state index in [-0.39, 0.29) is 0 Å². The summed E-state index contributed by atoms with van der Waals surface area (Å²) in [6.07, 6.45) is 3.26. The van der Waals surface area contributed by atoms with Crippen molar-refractivity contribution in [1.29, 1.82) is 0 Å². The van der Waals surface area contributed by atoms with Crippen LogP contribution in [0.4, 0.5) is 0 Å². The molecule has 3 nitrogen and oxygen atoms in total. The Balaban J connectivity index is 2.02. The third kappa shape index (κ3) is 4.39. The van der Waals surface area contributed by atoms with Crippen LogP contribution in [-0.2, 0) is 14.3 Å². The molecular formula is C10H18O3. The number of ketones is 1. The Morgan fingerprint density at radius 2 is 2.46 bits per heavy atom. The third-order valence-corrected chi connectivity index (χ3v) is 2.34. The number of methoxy groups -OCH3 is 1. The quantitative estimate of drug-likeness (QED) is 0.588. The molecule has 0 spiro atoms. The number of rotatable bonds is 6. The molecule has 1 aliphatic heterocycles. The van der Waals surface area contributed by atoms with Gasteiger partial charge in [0.05, 0.1) is 0 Å². The zero-order valence-electron chi connectivity index (χ0n) is 8.25. The average Bonchev–Trinajstić information content (AvgIpc) is 2.57. The molecule has 0 radical (unpaired) electrons. The van der Waals surface area contributed by atoms with E-state index >= 15 is 0 Å². The van der Waals surface area contributed by atoms with Crippen LogP contribution in [0, 0.1) is 5.92 Å². The van der Waals surface area contributed by atoms with Gasteiger partial charge in [0.15, 0.2) is 0 Å².